The number of benzene rings is 3. The Morgan fingerprint density at radius 3 is 1.81 bits per heavy atom. The molecule has 0 fully saturated rings. The molecular formula is C19H15NO. The van der Waals surface area contributed by atoms with Crippen LogP contribution in [0.2, 0.25) is 0 Å². The molecule has 3 aromatic rings. The second-order valence-corrected chi connectivity index (χ2v) is 4.86. The first-order valence-electron chi connectivity index (χ1n) is 6.80. The molecule has 2 heteroatoms. The third kappa shape index (κ3) is 2.70. The molecular weight excluding hydrogens is 258 g/mol. The Kier molecular flexibility index (Phi) is 3.52. The van der Waals surface area contributed by atoms with Gasteiger partial charge in [-0.15, -0.1) is 0 Å². The van der Waals surface area contributed by atoms with E-state index in [1.807, 2.05) is 78.9 Å². The van der Waals surface area contributed by atoms with E-state index in [0.29, 0.717) is 5.56 Å². The molecule has 0 bridgehead atoms. The van der Waals surface area contributed by atoms with Crippen LogP contribution in [0.3, 0.4) is 0 Å². The van der Waals surface area contributed by atoms with E-state index in [4.69, 9.17) is 5.73 Å². The van der Waals surface area contributed by atoms with Gasteiger partial charge >= 0.3 is 0 Å². The normalized spacial score (nSPS) is 10.3. The Morgan fingerprint density at radius 2 is 1.24 bits per heavy atom. The van der Waals surface area contributed by atoms with Gasteiger partial charge in [0.2, 0.25) is 5.91 Å². The van der Waals surface area contributed by atoms with Crippen molar-refractivity contribution in [3.8, 4) is 22.3 Å². The largest absolute Gasteiger partial charge is 0.366 e. The highest BCUT2D eigenvalue weighted by Crippen LogP contribution is 2.28. The fourth-order valence-corrected chi connectivity index (χ4v) is 2.43. The van der Waals surface area contributed by atoms with E-state index < -0.39 is 5.91 Å². The molecule has 3 rings (SSSR count). The molecule has 0 saturated heterocycles. The molecule has 0 atom stereocenters. The van der Waals surface area contributed by atoms with Crippen LogP contribution >= 0.6 is 0 Å². The zero-order valence-corrected chi connectivity index (χ0v) is 11.5. The zero-order valence-electron chi connectivity index (χ0n) is 11.5. The Labute approximate surface area is 123 Å². The lowest BCUT2D eigenvalue weighted by Gasteiger charge is -2.10. The molecule has 0 unspecified atom stereocenters. The first kappa shape index (κ1) is 13.1. The predicted molar refractivity (Wildman–Crippen MR) is 85.8 cm³/mol. The quantitative estimate of drug-likeness (QED) is 0.766. The number of carbonyl (C=O) groups is 1. The number of rotatable bonds is 3. The summed E-state index contributed by atoms with van der Waals surface area (Å²) in [7, 11) is 0. The molecule has 0 heterocycles. The van der Waals surface area contributed by atoms with E-state index in [0.717, 1.165) is 22.3 Å². The molecule has 0 saturated carbocycles. The van der Waals surface area contributed by atoms with Crippen LogP contribution in [0.4, 0.5) is 0 Å². The van der Waals surface area contributed by atoms with Crippen LogP contribution in [0.25, 0.3) is 22.3 Å². The standard InChI is InChI=1S/C19H15NO/c20-19(21)18-13-16(14-7-3-1-4-8-14)11-12-17(18)15-9-5-2-6-10-15/h1-13H,(H2,20,21). The lowest BCUT2D eigenvalue weighted by molar-refractivity contribution is 0.100. The minimum absolute atomic E-state index is 0.411. The lowest BCUT2D eigenvalue weighted by Crippen LogP contribution is -2.12. The van der Waals surface area contributed by atoms with Crippen molar-refractivity contribution in [2.45, 2.75) is 0 Å². The molecule has 0 radical (unpaired) electrons. The number of primary amides is 1. The van der Waals surface area contributed by atoms with Crippen molar-refractivity contribution >= 4 is 5.91 Å². The number of amides is 1. The molecule has 0 aromatic heterocycles. The summed E-state index contributed by atoms with van der Waals surface area (Å²) in [5.74, 6) is -0.411. The van der Waals surface area contributed by atoms with Crippen LogP contribution in [0, 0.1) is 0 Å². The van der Waals surface area contributed by atoms with Gasteiger partial charge in [-0.05, 0) is 28.3 Å². The van der Waals surface area contributed by atoms with Gasteiger partial charge in [0, 0.05) is 5.56 Å². The van der Waals surface area contributed by atoms with Crippen molar-refractivity contribution in [1.82, 2.24) is 0 Å². The van der Waals surface area contributed by atoms with Gasteiger partial charge in [0.15, 0.2) is 0 Å². The van der Waals surface area contributed by atoms with Crippen molar-refractivity contribution in [1.29, 1.82) is 0 Å². The third-order valence-corrected chi connectivity index (χ3v) is 3.48. The first-order chi connectivity index (χ1) is 10.3. The summed E-state index contributed by atoms with van der Waals surface area (Å²) in [6, 6.07) is 25.6. The molecule has 21 heavy (non-hydrogen) atoms. The van der Waals surface area contributed by atoms with E-state index in [9.17, 15) is 4.79 Å². The average molecular weight is 273 g/mol. The molecule has 0 aliphatic rings. The summed E-state index contributed by atoms with van der Waals surface area (Å²) in [6.07, 6.45) is 0. The lowest BCUT2D eigenvalue weighted by atomic mass is 9.94. The maximum absolute atomic E-state index is 11.8. The molecule has 1 amide bonds. The summed E-state index contributed by atoms with van der Waals surface area (Å²) in [6.45, 7) is 0. The third-order valence-electron chi connectivity index (χ3n) is 3.48. The number of nitrogens with two attached hydrogens (primary N) is 1. The van der Waals surface area contributed by atoms with Crippen LogP contribution in [0.1, 0.15) is 10.4 Å². The van der Waals surface area contributed by atoms with Gasteiger partial charge in [-0.1, -0.05) is 72.8 Å². The van der Waals surface area contributed by atoms with Crippen LogP contribution in [0.15, 0.2) is 78.9 Å². The molecule has 102 valence electrons. The van der Waals surface area contributed by atoms with Crippen molar-refractivity contribution in [3.63, 3.8) is 0 Å². The summed E-state index contributed by atoms with van der Waals surface area (Å²) >= 11 is 0. The van der Waals surface area contributed by atoms with Crippen molar-refractivity contribution in [2.75, 3.05) is 0 Å². The fraction of sp³-hybridized carbons (Fsp3) is 0. The van der Waals surface area contributed by atoms with E-state index in [-0.39, 0.29) is 0 Å². The summed E-state index contributed by atoms with van der Waals surface area (Å²) in [4.78, 5) is 11.8. The van der Waals surface area contributed by atoms with Crippen LogP contribution in [-0.4, -0.2) is 5.91 Å². The smallest absolute Gasteiger partial charge is 0.249 e. The van der Waals surface area contributed by atoms with Crippen molar-refractivity contribution in [3.05, 3.63) is 84.4 Å². The Morgan fingerprint density at radius 1 is 0.667 bits per heavy atom. The number of hydrogen-bond acceptors (Lipinski definition) is 1. The zero-order chi connectivity index (χ0) is 14.7. The minimum Gasteiger partial charge on any atom is -0.366 e. The molecule has 3 aromatic carbocycles. The average Bonchev–Trinajstić information content (AvgIpc) is 2.56. The van der Waals surface area contributed by atoms with Gasteiger partial charge in [0.05, 0.1) is 0 Å². The van der Waals surface area contributed by atoms with E-state index in [2.05, 4.69) is 0 Å². The highest BCUT2D eigenvalue weighted by molar-refractivity contribution is 6.01. The monoisotopic (exact) mass is 273 g/mol. The Bertz CT molecular complexity index is 764. The van der Waals surface area contributed by atoms with E-state index >= 15 is 0 Å². The second kappa shape index (κ2) is 5.63. The van der Waals surface area contributed by atoms with Gasteiger partial charge in [-0.25, -0.2) is 0 Å². The molecule has 2 nitrogen and oxygen atoms in total. The summed E-state index contributed by atoms with van der Waals surface area (Å²) in [5.41, 5.74) is 10.0. The second-order valence-electron chi connectivity index (χ2n) is 4.86. The Balaban J connectivity index is 2.14. The molecule has 2 N–H and O–H groups in total. The van der Waals surface area contributed by atoms with Gasteiger partial charge in [0.25, 0.3) is 0 Å². The van der Waals surface area contributed by atoms with Gasteiger partial charge < -0.3 is 5.73 Å². The maximum Gasteiger partial charge on any atom is 0.249 e. The van der Waals surface area contributed by atoms with Gasteiger partial charge in [0.1, 0.15) is 0 Å². The maximum atomic E-state index is 11.8. The van der Waals surface area contributed by atoms with Crippen LogP contribution in [-0.2, 0) is 0 Å². The van der Waals surface area contributed by atoms with Crippen molar-refractivity contribution < 1.29 is 4.79 Å². The SMILES string of the molecule is NC(=O)c1cc(-c2ccccc2)ccc1-c1ccccc1. The Hall–Kier alpha value is -2.87. The van der Waals surface area contributed by atoms with Gasteiger partial charge in [-0.2, -0.15) is 0 Å². The predicted octanol–water partition coefficient (Wildman–Crippen LogP) is 4.12. The number of hydrogen-bond donors (Lipinski definition) is 1. The summed E-state index contributed by atoms with van der Waals surface area (Å²) in [5, 5.41) is 0. The molecule has 0 aliphatic carbocycles. The topological polar surface area (TPSA) is 43.1 Å². The highest BCUT2D eigenvalue weighted by atomic mass is 16.1. The fourth-order valence-electron chi connectivity index (χ4n) is 2.43. The molecule has 0 spiro atoms. The minimum atomic E-state index is -0.411. The van der Waals surface area contributed by atoms with Crippen LogP contribution < -0.4 is 5.73 Å². The first-order valence-corrected chi connectivity index (χ1v) is 6.80. The van der Waals surface area contributed by atoms with Crippen molar-refractivity contribution in [2.24, 2.45) is 5.73 Å². The highest BCUT2D eigenvalue weighted by Gasteiger charge is 2.11. The van der Waals surface area contributed by atoms with Gasteiger partial charge in [-0.3, -0.25) is 4.79 Å². The molecule has 0 aliphatic heterocycles. The number of carbonyl (C=O) groups excluding carboxylic acids is 1. The van der Waals surface area contributed by atoms with E-state index in [1.165, 1.54) is 0 Å². The van der Waals surface area contributed by atoms with E-state index in [1.54, 1.807) is 0 Å². The van der Waals surface area contributed by atoms with Crippen LogP contribution in [0.5, 0.6) is 0 Å². The summed E-state index contributed by atoms with van der Waals surface area (Å²) < 4.78 is 0.